The Morgan fingerprint density at radius 3 is 2.58 bits per heavy atom. The first-order valence-corrected chi connectivity index (χ1v) is 7.36. The van der Waals surface area contributed by atoms with Gasteiger partial charge < -0.3 is 10.5 Å². The first kappa shape index (κ1) is 14.2. The Balaban J connectivity index is 1.89. The van der Waals surface area contributed by atoms with Gasteiger partial charge in [0.05, 0.1) is 23.9 Å². The SMILES string of the molecule is Cc1ccc(C(CN)OCCc2scnc2C)cc1. The Morgan fingerprint density at radius 1 is 1.26 bits per heavy atom. The van der Waals surface area contributed by atoms with Crippen molar-refractivity contribution in [1.29, 1.82) is 0 Å². The zero-order valence-electron chi connectivity index (χ0n) is 11.4. The quantitative estimate of drug-likeness (QED) is 0.882. The molecule has 0 fully saturated rings. The second kappa shape index (κ2) is 6.80. The predicted octanol–water partition coefficient (Wildman–Crippen LogP) is 3.02. The van der Waals surface area contributed by atoms with Crippen molar-refractivity contribution in [3.63, 3.8) is 0 Å². The monoisotopic (exact) mass is 276 g/mol. The van der Waals surface area contributed by atoms with Crippen molar-refractivity contribution in [2.45, 2.75) is 26.4 Å². The molecule has 0 aliphatic carbocycles. The van der Waals surface area contributed by atoms with Gasteiger partial charge in [-0.15, -0.1) is 11.3 Å². The molecule has 1 unspecified atom stereocenters. The molecule has 0 aliphatic rings. The molecule has 1 aromatic heterocycles. The van der Waals surface area contributed by atoms with Crippen LogP contribution in [0.2, 0.25) is 0 Å². The molecule has 4 heteroatoms. The topological polar surface area (TPSA) is 48.1 Å². The van der Waals surface area contributed by atoms with Crippen molar-refractivity contribution < 1.29 is 4.74 Å². The van der Waals surface area contributed by atoms with E-state index in [0.717, 1.165) is 17.7 Å². The molecule has 0 amide bonds. The summed E-state index contributed by atoms with van der Waals surface area (Å²) in [5, 5.41) is 0. The summed E-state index contributed by atoms with van der Waals surface area (Å²) in [4.78, 5) is 5.53. The summed E-state index contributed by atoms with van der Waals surface area (Å²) in [6.45, 7) is 5.30. The number of aromatic nitrogens is 1. The maximum Gasteiger partial charge on any atom is 0.0947 e. The number of nitrogens with zero attached hydrogens (tertiary/aromatic N) is 1. The van der Waals surface area contributed by atoms with Crippen LogP contribution in [0.5, 0.6) is 0 Å². The van der Waals surface area contributed by atoms with Gasteiger partial charge in [-0.25, -0.2) is 4.98 Å². The molecule has 0 bridgehead atoms. The third-order valence-electron chi connectivity index (χ3n) is 3.16. The van der Waals surface area contributed by atoms with Crippen molar-refractivity contribution in [2.75, 3.05) is 13.2 Å². The summed E-state index contributed by atoms with van der Waals surface area (Å²) < 4.78 is 5.90. The minimum absolute atomic E-state index is 0.0196. The van der Waals surface area contributed by atoms with Gasteiger partial charge in [0.15, 0.2) is 0 Å². The molecule has 1 heterocycles. The van der Waals surface area contributed by atoms with E-state index in [0.29, 0.717) is 13.2 Å². The number of hydrogen-bond donors (Lipinski definition) is 1. The lowest BCUT2D eigenvalue weighted by Gasteiger charge is -2.16. The average Bonchev–Trinajstić information content (AvgIpc) is 2.82. The molecule has 1 aromatic carbocycles. The van der Waals surface area contributed by atoms with Crippen molar-refractivity contribution in [2.24, 2.45) is 5.73 Å². The van der Waals surface area contributed by atoms with E-state index in [4.69, 9.17) is 10.5 Å². The fraction of sp³-hybridized carbons (Fsp3) is 0.400. The van der Waals surface area contributed by atoms with E-state index >= 15 is 0 Å². The summed E-state index contributed by atoms with van der Waals surface area (Å²) in [5.41, 5.74) is 11.2. The van der Waals surface area contributed by atoms with Gasteiger partial charge in [0.25, 0.3) is 0 Å². The number of ether oxygens (including phenoxy) is 1. The normalized spacial score (nSPS) is 12.6. The third-order valence-corrected chi connectivity index (χ3v) is 4.15. The molecule has 1 atom stereocenters. The highest BCUT2D eigenvalue weighted by molar-refractivity contribution is 7.09. The van der Waals surface area contributed by atoms with E-state index in [1.54, 1.807) is 11.3 Å². The van der Waals surface area contributed by atoms with E-state index in [9.17, 15) is 0 Å². The molecule has 2 N–H and O–H groups in total. The lowest BCUT2D eigenvalue weighted by Crippen LogP contribution is -2.17. The lowest BCUT2D eigenvalue weighted by molar-refractivity contribution is 0.0611. The Morgan fingerprint density at radius 2 is 2.00 bits per heavy atom. The summed E-state index contributed by atoms with van der Waals surface area (Å²) >= 11 is 1.68. The van der Waals surface area contributed by atoms with E-state index < -0.39 is 0 Å². The fourth-order valence-electron chi connectivity index (χ4n) is 1.94. The van der Waals surface area contributed by atoms with Gasteiger partial charge in [-0.1, -0.05) is 29.8 Å². The van der Waals surface area contributed by atoms with Crippen LogP contribution in [0.3, 0.4) is 0 Å². The molecule has 0 saturated heterocycles. The third kappa shape index (κ3) is 3.86. The Bertz CT molecular complexity index is 507. The van der Waals surface area contributed by atoms with E-state index in [-0.39, 0.29) is 6.10 Å². The van der Waals surface area contributed by atoms with Crippen LogP contribution in [0.4, 0.5) is 0 Å². The molecule has 3 nitrogen and oxygen atoms in total. The van der Waals surface area contributed by atoms with Gasteiger partial charge in [0, 0.05) is 17.8 Å². The van der Waals surface area contributed by atoms with Crippen molar-refractivity contribution in [1.82, 2.24) is 4.98 Å². The first-order chi connectivity index (χ1) is 9.20. The lowest BCUT2D eigenvalue weighted by atomic mass is 10.1. The molecule has 0 spiro atoms. The van der Waals surface area contributed by atoms with Crippen LogP contribution in [0, 0.1) is 13.8 Å². The highest BCUT2D eigenvalue weighted by atomic mass is 32.1. The number of nitrogens with two attached hydrogens (primary N) is 1. The summed E-state index contributed by atoms with van der Waals surface area (Å²) in [7, 11) is 0. The number of aryl methyl sites for hydroxylation is 2. The van der Waals surface area contributed by atoms with Gasteiger partial charge in [-0.05, 0) is 19.4 Å². The van der Waals surface area contributed by atoms with Crippen molar-refractivity contribution in [3.05, 3.63) is 51.5 Å². The molecule has 2 rings (SSSR count). The largest absolute Gasteiger partial charge is 0.372 e. The molecule has 19 heavy (non-hydrogen) atoms. The van der Waals surface area contributed by atoms with E-state index in [1.165, 1.54) is 10.4 Å². The minimum atomic E-state index is -0.0196. The van der Waals surface area contributed by atoms with Crippen LogP contribution < -0.4 is 5.73 Å². The van der Waals surface area contributed by atoms with Crippen LogP contribution in [0.1, 0.15) is 27.8 Å². The zero-order valence-corrected chi connectivity index (χ0v) is 12.2. The standard InChI is InChI=1S/C15H20N2OS/c1-11-3-5-13(6-4-11)14(9-16)18-8-7-15-12(2)17-10-19-15/h3-6,10,14H,7-9,16H2,1-2H3. The number of rotatable bonds is 6. The number of benzene rings is 1. The average molecular weight is 276 g/mol. The smallest absolute Gasteiger partial charge is 0.0947 e. The Hall–Kier alpha value is -1.23. The maximum atomic E-state index is 5.90. The fourth-order valence-corrected chi connectivity index (χ4v) is 2.70. The van der Waals surface area contributed by atoms with Gasteiger partial charge in [-0.3, -0.25) is 0 Å². The van der Waals surface area contributed by atoms with Gasteiger partial charge >= 0.3 is 0 Å². The van der Waals surface area contributed by atoms with Gasteiger partial charge in [0.2, 0.25) is 0 Å². The predicted molar refractivity (Wildman–Crippen MR) is 79.5 cm³/mol. The highest BCUT2D eigenvalue weighted by Gasteiger charge is 2.10. The number of thiazole rings is 1. The zero-order chi connectivity index (χ0) is 13.7. The highest BCUT2D eigenvalue weighted by Crippen LogP contribution is 2.18. The van der Waals surface area contributed by atoms with Crippen molar-refractivity contribution >= 4 is 11.3 Å². The molecule has 2 aromatic rings. The molecule has 0 aliphatic heterocycles. The molecular formula is C15H20N2OS. The second-order valence-corrected chi connectivity index (χ2v) is 5.56. The second-order valence-electron chi connectivity index (χ2n) is 4.62. The van der Waals surface area contributed by atoms with Gasteiger partial charge in [0.1, 0.15) is 0 Å². The van der Waals surface area contributed by atoms with Crippen LogP contribution in [0.25, 0.3) is 0 Å². The Labute approximate surface area is 118 Å². The summed E-state index contributed by atoms with van der Waals surface area (Å²) in [6.07, 6.45) is 0.882. The molecule has 0 saturated carbocycles. The minimum Gasteiger partial charge on any atom is -0.372 e. The van der Waals surface area contributed by atoms with Crippen LogP contribution in [0.15, 0.2) is 29.8 Å². The van der Waals surface area contributed by atoms with E-state index in [1.807, 2.05) is 12.4 Å². The van der Waals surface area contributed by atoms with E-state index in [2.05, 4.69) is 36.2 Å². The van der Waals surface area contributed by atoms with Crippen LogP contribution in [-0.2, 0) is 11.2 Å². The molecule has 0 radical (unpaired) electrons. The van der Waals surface area contributed by atoms with Crippen molar-refractivity contribution in [3.8, 4) is 0 Å². The Kier molecular flexibility index (Phi) is 5.07. The first-order valence-electron chi connectivity index (χ1n) is 6.48. The van der Waals surface area contributed by atoms with Crippen LogP contribution >= 0.6 is 11.3 Å². The maximum absolute atomic E-state index is 5.90. The molecular weight excluding hydrogens is 256 g/mol. The molecule has 102 valence electrons. The summed E-state index contributed by atoms with van der Waals surface area (Å²) in [6, 6.07) is 8.36. The summed E-state index contributed by atoms with van der Waals surface area (Å²) in [5.74, 6) is 0. The van der Waals surface area contributed by atoms with Gasteiger partial charge in [-0.2, -0.15) is 0 Å². The van der Waals surface area contributed by atoms with Crippen LogP contribution in [-0.4, -0.2) is 18.1 Å². The number of hydrogen-bond acceptors (Lipinski definition) is 4.